The molecule has 0 saturated carbocycles. The minimum Gasteiger partial charge on any atom is -0.494 e. The summed E-state index contributed by atoms with van der Waals surface area (Å²) in [5.41, 5.74) is 2.02. The molecule has 1 N–H and O–H groups in total. The van der Waals surface area contributed by atoms with Gasteiger partial charge in [0.2, 0.25) is 0 Å². The molecule has 5 heteroatoms. The third-order valence-corrected chi connectivity index (χ3v) is 3.66. The van der Waals surface area contributed by atoms with Crippen LogP contribution in [0.5, 0.6) is 11.5 Å². The predicted molar refractivity (Wildman–Crippen MR) is 101 cm³/mol. The van der Waals surface area contributed by atoms with E-state index in [1.807, 2.05) is 69.3 Å². The molecule has 0 bridgehead atoms. The van der Waals surface area contributed by atoms with E-state index in [0.717, 1.165) is 22.7 Å². The van der Waals surface area contributed by atoms with Crippen LogP contribution in [0.15, 0.2) is 48.5 Å². The van der Waals surface area contributed by atoms with Crippen molar-refractivity contribution in [3.8, 4) is 11.5 Å². The second-order valence-electron chi connectivity index (χ2n) is 5.57. The normalized spacial score (nSPS) is 10.2. The number of benzene rings is 2. The molecule has 0 aliphatic heterocycles. The Bertz CT molecular complexity index is 671. The first kappa shape index (κ1) is 18.6. The van der Waals surface area contributed by atoms with Gasteiger partial charge in [-0.25, -0.2) is 4.79 Å². The van der Waals surface area contributed by atoms with E-state index in [4.69, 9.17) is 9.47 Å². The number of nitrogens with zero attached hydrogens (tertiary/aromatic N) is 1. The fraction of sp³-hybridized carbons (Fsp3) is 0.350. The van der Waals surface area contributed by atoms with E-state index in [-0.39, 0.29) is 6.03 Å². The number of anilines is 1. The molecule has 2 rings (SSSR count). The first-order valence-electron chi connectivity index (χ1n) is 8.61. The van der Waals surface area contributed by atoms with Crippen molar-refractivity contribution in [1.82, 2.24) is 5.32 Å². The number of aryl methyl sites for hydroxylation is 1. The van der Waals surface area contributed by atoms with E-state index in [2.05, 4.69) is 5.32 Å². The van der Waals surface area contributed by atoms with Gasteiger partial charge >= 0.3 is 6.03 Å². The summed E-state index contributed by atoms with van der Waals surface area (Å²) < 4.78 is 11.0. The molecule has 0 spiro atoms. The topological polar surface area (TPSA) is 50.8 Å². The van der Waals surface area contributed by atoms with Crippen molar-refractivity contribution in [1.29, 1.82) is 0 Å². The number of nitrogens with one attached hydrogen (secondary N) is 1. The summed E-state index contributed by atoms with van der Waals surface area (Å²) in [4.78, 5) is 14.1. The third kappa shape index (κ3) is 5.71. The van der Waals surface area contributed by atoms with E-state index < -0.39 is 0 Å². The highest BCUT2D eigenvalue weighted by Gasteiger charge is 2.13. The van der Waals surface area contributed by atoms with Gasteiger partial charge in [0, 0.05) is 12.2 Å². The van der Waals surface area contributed by atoms with E-state index in [1.54, 1.807) is 4.90 Å². The summed E-state index contributed by atoms with van der Waals surface area (Å²) in [7, 11) is 0. The Morgan fingerprint density at radius 2 is 1.72 bits per heavy atom. The lowest BCUT2D eigenvalue weighted by Gasteiger charge is -2.22. The maximum absolute atomic E-state index is 12.4. The Balaban J connectivity index is 1.79. The van der Waals surface area contributed by atoms with E-state index in [1.165, 1.54) is 0 Å². The number of ether oxygens (including phenoxy) is 2. The van der Waals surface area contributed by atoms with Crippen LogP contribution in [0, 0.1) is 6.92 Å². The summed E-state index contributed by atoms with van der Waals surface area (Å²) in [5.74, 6) is 1.57. The number of hydrogen-bond donors (Lipinski definition) is 1. The Hall–Kier alpha value is -2.69. The molecule has 0 fully saturated rings. The molecule has 2 aromatic rings. The number of carbonyl (C=O) groups is 1. The monoisotopic (exact) mass is 342 g/mol. The van der Waals surface area contributed by atoms with Crippen molar-refractivity contribution in [2.75, 3.05) is 31.2 Å². The molecule has 5 nitrogen and oxygen atoms in total. The van der Waals surface area contributed by atoms with Gasteiger partial charge in [0.1, 0.15) is 18.1 Å². The molecule has 0 heterocycles. The molecule has 134 valence electrons. The fourth-order valence-corrected chi connectivity index (χ4v) is 2.46. The average Bonchev–Trinajstić information content (AvgIpc) is 2.61. The van der Waals surface area contributed by atoms with E-state index >= 15 is 0 Å². The molecular weight excluding hydrogens is 316 g/mol. The SMILES string of the molecule is CCOc1ccc(OCCNC(=O)N(CC)c2cccc(C)c2)cc1. The van der Waals surface area contributed by atoms with Crippen molar-refractivity contribution in [2.24, 2.45) is 0 Å². The van der Waals surface area contributed by atoms with Crippen molar-refractivity contribution in [2.45, 2.75) is 20.8 Å². The van der Waals surface area contributed by atoms with Crippen LogP contribution in [0.4, 0.5) is 10.5 Å². The van der Waals surface area contributed by atoms with Gasteiger partial charge in [0.05, 0.1) is 13.2 Å². The molecule has 25 heavy (non-hydrogen) atoms. The van der Waals surface area contributed by atoms with Crippen molar-refractivity contribution >= 4 is 11.7 Å². The summed E-state index contributed by atoms with van der Waals surface area (Å²) in [6.45, 7) is 8.01. The second-order valence-corrected chi connectivity index (χ2v) is 5.57. The van der Waals surface area contributed by atoms with Crippen LogP contribution in [0.2, 0.25) is 0 Å². The summed E-state index contributed by atoms with van der Waals surface area (Å²) >= 11 is 0. The highest BCUT2D eigenvalue weighted by atomic mass is 16.5. The summed E-state index contributed by atoms with van der Waals surface area (Å²) in [5, 5.41) is 2.89. The maximum Gasteiger partial charge on any atom is 0.321 e. The lowest BCUT2D eigenvalue weighted by atomic mass is 10.2. The molecule has 0 aromatic heterocycles. The molecule has 0 unspecified atom stereocenters. The van der Waals surface area contributed by atoms with Crippen molar-refractivity contribution < 1.29 is 14.3 Å². The lowest BCUT2D eigenvalue weighted by Crippen LogP contribution is -2.41. The van der Waals surface area contributed by atoms with Gasteiger partial charge in [-0.1, -0.05) is 12.1 Å². The highest BCUT2D eigenvalue weighted by Crippen LogP contribution is 2.17. The molecule has 0 radical (unpaired) electrons. The van der Waals surface area contributed by atoms with Crippen molar-refractivity contribution in [3.63, 3.8) is 0 Å². The largest absolute Gasteiger partial charge is 0.494 e. The number of rotatable bonds is 8. The first-order valence-corrected chi connectivity index (χ1v) is 8.61. The van der Waals surface area contributed by atoms with Gasteiger partial charge in [-0.3, -0.25) is 4.90 Å². The first-order chi connectivity index (χ1) is 12.1. The van der Waals surface area contributed by atoms with Crippen LogP contribution in [-0.2, 0) is 0 Å². The second kappa shape index (κ2) is 9.57. The minimum absolute atomic E-state index is 0.122. The molecular formula is C20H26N2O3. The lowest BCUT2D eigenvalue weighted by molar-refractivity contribution is 0.242. The third-order valence-electron chi connectivity index (χ3n) is 3.66. The van der Waals surface area contributed by atoms with Gasteiger partial charge in [-0.15, -0.1) is 0 Å². The zero-order valence-electron chi connectivity index (χ0n) is 15.1. The Kier molecular flexibility index (Phi) is 7.14. The summed E-state index contributed by atoms with van der Waals surface area (Å²) in [6.07, 6.45) is 0. The molecule has 0 aliphatic carbocycles. The molecule has 0 aliphatic rings. The fourth-order valence-electron chi connectivity index (χ4n) is 2.46. The molecule has 2 aromatic carbocycles. The summed E-state index contributed by atoms with van der Waals surface area (Å²) in [6, 6.07) is 15.2. The quantitative estimate of drug-likeness (QED) is 0.738. The smallest absolute Gasteiger partial charge is 0.321 e. The van der Waals surface area contributed by atoms with Crippen LogP contribution >= 0.6 is 0 Å². The number of carbonyl (C=O) groups excluding carboxylic acids is 1. The molecule has 0 saturated heterocycles. The zero-order valence-corrected chi connectivity index (χ0v) is 15.1. The van der Waals surface area contributed by atoms with Gasteiger partial charge < -0.3 is 14.8 Å². The van der Waals surface area contributed by atoms with Crippen LogP contribution in [0.3, 0.4) is 0 Å². The van der Waals surface area contributed by atoms with Crippen LogP contribution in [0.1, 0.15) is 19.4 Å². The van der Waals surface area contributed by atoms with Gasteiger partial charge in [0.25, 0.3) is 0 Å². The predicted octanol–water partition coefficient (Wildman–Crippen LogP) is 4.01. The maximum atomic E-state index is 12.4. The van der Waals surface area contributed by atoms with E-state index in [9.17, 15) is 4.79 Å². The molecule has 2 amide bonds. The van der Waals surface area contributed by atoms with Crippen molar-refractivity contribution in [3.05, 3.63) is 54.1 Å². The van der Waals surface area contributed by atoms with Crippen LogP contribution in [-0.4, -0.2) is 32.3 Å². The molecule has 0 atom stereocenters. The average molecular weight is 342 g/mol. The number of urea groups is 1. The minimum atomic E-state index is -0.122. The van der Waals surface area contributed by atoms with Crippen LogP contribution < -0.4 is 19.7 Å². The van der Waals surface area contributed by atoms with Crippen LogP contribution in [0.25, 0.3) is 0 Å². The standard InChI is InChI=1S/C20H26N2O3/c1-4-22(17-8-6-7-16(3)15-17)20(23)21-13-14-25-19-11-9-18(10-12-19)24-5-2/h6-12,15H,4-5,13-14H2,1-3H3,(H,21,23). The van der Waals surface area contributed by atoms with Gasteiger partial charge in [0.15, 0.2) is 0 Å². The highest BCUT2D eigenvalue weighted by molar-refractivity contribution is 5.91. The van der Waals surface area contributed by atoms with Gasteiger partial charge in [-0.2, -0.15) is 0 Å². The zero-order chi connectivity index (χ0) is 18.1. The Morgan fingerprint density at radius 3 is 2.32 bits per heavy atom. The van der Waals surface area contributed by atoms with Gasteiger partial charge in [-0.05, 0) is 62.7 Å². The number of amides is 2. The Morgan fingerprint density at radius 1 is 1.04 bits per heavy atom. The number of hydrogen-bond acceptors (Lipinski definition) is 3. The van der Waals surface area contributed by atoms with E-state index in [0.29, 0.717) is 26.3 Å². The Labute approximate surface area is 149 Å².